The number of phenols is 2. The number of Topliss-reactive ketones (excluding diaryl/α,β-unsaturated/α-hetero) is 2. The summed E-state index contributed by atoms with van der Waals surface area (Å²) in [5.41, 5.74) is 6.18. The van der Waals surface area contributed by atoms with Crippen molar-refractivity contribution < 1.29 is 34.2 Å². The van der Waals surface area contributed by atoms with Gasteiger partial charge in [0, 0.05) is 53.0 Å². The van der Waals surface area contributed by atoms with Crippen LogP contribution in [0.5, 0.6) is 11.5 Å². The lowest BCUT2D eigenvalue weighted by molar-refractivity contribution is -0.119. The molecule has 0 aliphatic heterocycles. The molecule has 0 fully saturated rings. The predicted octanol–water partition coefficient (Wildman–Crippen LogP) is 8.48. The summed E-state index contributed by atoms with van der Waals surface area (Å²) in [5, 5.41) is 38.0. The number of hydrogen-bond donors (Lipinski definition) is 5. The number of phenolic OH excluding ortho intramolecular Hbond substituents is 2. The average Bonchev–Trinajstić information content (AvgIpc) is 3.18. The first-order valence-corrected chi connectivity index (χ1v) is 18.2. The molecule has 0 radical (unpaired) electrons. The van der Waals surface area contributed by atoms with Crippen LogP contribution in [0.25, 0.3) is 6.08 Å². The smallest absolute Gasteiger partial charge is 0.259 e. The van der Waals surface area contributed by atoms with Gasteiger partial charge in [0.05, 0.1) is 17.6 Å². The molecule has 0 aromatic heterocycles. The van der Waals surface area contributed by atoms with E-state index in [-0.39, 0.29) is 53.5 Å². The first kappa shape index (κ1) is 40.9. The van der Waals surface area contributed by atoms with E-state index in [1.807, 2.05) is 32.0 Å². The third kappa shape index (κ3) is 10.7. The van der Waals surface area contributed by atoms with Crippen LogP contribution in [0.4, 0.5) is 17.1 Å². The van der Waals surface area contributed by atoms with E-state index in [9.17, 15) is 39.4 Å². The average molecular weight is 763 g/mol. The van der Waals surface area contributed by atoms with Crippen LogP contribution in [0.2, 0.25) is 0 Å². The molecular weight excluding hydrogens is 721 g/mol. The molecule has 57 heavy (non-hydrogen) atoms. The Balaban J connectivity index is 1.15. The quantitative estimate of drug-likeness (QED) is 0.0551. The first-order chi connectivity index (χ1) is 27.2. The van der Waals surface area contributed by atoms with E-state index in [4.69, 9.17) is 0 Å². The molecule has 3 amide bonds. The van der Waals surface area contributed by atoms with Crippen molar-refractivity contribution in [2.75, 3.05) is 16.0 Å². The number of allylic oxidation sites excluding steroid dienone is 1. The van der Waals surface area contributed by atoms with Crippen molar-refractivity contribution in [1.82, 2.24) is 0 Å². The van der Waals surface area contributed by atoms with Crippen LogP contribution >= 0.6 is 0 Å². The number of benzene rings is 5. The molecule has 288 valence electrons. The Hall–Kier alpha value is -7.32. The highest BCUT2D eigenvalue weighted by Crippen LogP contribution is 2.30. The lowest BCUT2D eigenvalue weighted by Crippen LogP contribution is -2.25. The predicted molar refractivity (Wildman–Crippen MR) is 219 cm³/mol. The number of nitrogens with zero attached hydrogens (tertiary/aromatic N) is 1. The van der Waals surface area contributed by atoms with E-state index < -0.39 is 23.6 Å². The molecule has 0 bridgehead atoms. The van der Waals surface area contributed by atoms with Gasteiger partial charge in [0.25, 0.3) is 11.8 Å². The van der Waals surface area contributed by atoms with Gasteiger partial charge in [0.15, 0.2) is 11.6 Å². The van der Waals surface area contributed by atoms with Crippen LogP contribution < -0.4 is 16.0 Å². The normalized spacial score (nSPS) is 11.5. The second-order valence-corrected chi connectivity index (χ2v) is 13.8. The van der Waals surface area contributed by atoms with Gasteiger partial charge in [-0.1, -0.05) is 54.1 Å². The fraction of sp³-hybridized carbons (Fsp3) is 0.174. The first-order valence-electron chi connectivity index (χ1n) is 18.2. The van der Waals surface area contributed by atoms with Crippen molar-refractivity contribution in [1.29, 1.82) is 5.26 Å². The third-order valence-electron chi connectivity index (χ3n) is 9.47. The van der Waals surface area contributed by atoms with Gasteiger partial charge in [-0.2, -0.15) is 5.26 Å². The number of rotatable bonds is 14. The summed E-state index contributed by atoms with van der Waals surface area (Å²) in [6, 6.07) is 29.6. The molecule has 5 aromatic carbocycles. The van der Waals surface area contributed by atoms with Gasteiger partial charge in [-0.3, -0.25) is 24.0 Å². The zero-order chi connectivity index (χ0) is 41.2. The molecule has 11 nitrogen and oxygen atoms in total. The second-order valence-electron chi connectivity index (χ2n) is 13.8. The summed E-state index contributed by atoms with van der Waals surface area (Å²) in [7, 11) is 0. The molecule has 5 rings (SSSR count). The van der Waals surface area contributed by atoms with E-state index in [0.29, 0.717) is 39.3 Å². The van der Waals surface area contributed by atoms with Crippen LogP contribution in [0.3, 0.4) is 0 Å². The largest absolute Gasteiger partial charge is 0.508 e. The third-order valence-corrected chi connectivity index (χ3v) is 9.47. The molecule has 11 heteroatoms. The van der Waals surface area contributed by atoms with Gasteiger partial charge < -0.3 is 26.2 Å². The van der Waals surface area contributed by atoms with Crippen molar-refractivity contribution in [3.8, 4) is 17.6 Å². The Labute approximate surface area is 330 Å². The van der Waals surface area contributed by atoms with Crippen LogP contribution in [0.15, 0.2) is 109 Å². The number of nitriles is 1. The van der Waals surface area contributed by atoms with E-state index in [2.05, 4.69) is 16.0 Å². The SMILES string of the molecule is C/C(=C\c1ccc(O)cc1)C(=O)Cc1ccc(C(=O)CC(CC#N)C(=O)Nc2ccc(C(=O)Nc3ccc(C(=O)Nc4ccc(C)cc4C)c(O)c3C)cc2)cc1. The lowest BCUT2D eigenvalue weighted by Gasteiger charge is -2.15. The topological polar surface area (TPSA) is 186 Å². The maximum atomic E-state index is 13.2. The number of carbonyl (C=O) groups is 5. The summed E-state index contributed by atoms with van der Waals surface area (Å²) >= 11 is 0. The highest BCUT2D eigenvalue weighted by atomic mass is 16.3. The fourth-order valence-electron chi connectivity index (χ4n) is 6.05. The number of aryl methyl sites for hydroxylation is 2. The molecule has 5 aromatic rings. The molecule has 0 spiro atoms. The summed E-state index contributed by atoms with van der Waals surface area (Å²) in [6.45, 7) is 7.12. The van der Waals surface area contributed by atoms with Crippen molar-refractivity contribution in [3.05, 3.63) is 153 Å². The van der Waals surface area contributed by atoms with Crippen LogP contribution in [-0.4, -0.2) is 39.5 Å². The zero-order valence-corrected chi connectivity index (χ0v) is 32.0. The Morgan fingerprint density at radius 1 is 0.737 bits per heavy atom. The van der Waals surface area contributed by atoms with E-state index >= 15 is 0 Å². The van der Waals surface area contributed by atoms with Crippen LogP contribution in [-0.2, 0) is 16.0 Å². The van der Waals surface area contributed by atoms with Gasteiger partial charge in [-0.15, -0.1) is 0 Å². The second kappa shape index (κ2) is 18.3. The van der Waals surface area contributed by atoms with E-state index in [1.165, 1.54) is 36.4 Å². The minimum Gasteiger partial charge on any atom is -0.508 e. The number of anilines is 3. The highest BCUT2D eigenvalue weighted by Gasteiger charge is 2.24. The Kier molecular flexibility index (Phi) is 13.1. The Bertz CT molecular complexity index is 2410. The minimum atomic E-state index is -0.943. The standard InChI is InChI=1S/C46H42N4O7/c1-27-5-19-39(28(2)23-27)49-46(57)38-18-20-40(30(4)43(38)54)50-44(55)34-12-14-36(15-13-34)48-45(56)35(21-22-47)26-42(53)33-10-6-32(7-11-33)25-41(52)29(3)24-31-8-16-37(51)17-9-31/h5-20,23-24,35,51,54H,21,25-26H2,1-4H3,(H,48,56)(H,49,57)(H,50,55)/b29-24+. The number of nitrogens with one attached hydrogen (secondary N) is 3. The maximum Gasteiger partial charge on any atom is 0.259 e. The highest BCUT2D eigenvalue weighted by molar-refractivity contribution is 6.09. The Morgan fingerprint density at radius 3 is 2.02 bits per heavy atom. The summed E-state index contributed by atoms with van der Waals surface area (Å²) in [5.74, 6) is -3.04. The number of carbonyl (C=O) groups excluding carboxylic acids is 5. The molecule has 0 saturated heterocycles. The van der Waals surface area contributed by atoms with Gasteiger partial charge >= 0.3 is 0 Å². The minimum absolute atomic E-state index is 0.0516. The summed E-state index contributed by atoms with van der Waals surface area (Å²) in [4.78, 5) is 65.2. The lowest BCUT2D eigenvalue weighted by atomic mass is 9.94. The zero-order valence-electron chi connectivity index (χ0n) is 32.0. The molecule has 0 heterocycles. The molecule has 0 saturated carbocycles. The van der Waals surface area contributed by atoms with Crippen LogP contribution in [0.1, 0.15) is 78.7 Å². The number of amides is 3. The summed E-state index contributed by atoms with van der Waals surface area (Å²) in [6.07, 6.45) is 1.44. The summed E-state index contributed by atoms with van der Waals surface area (Å²) < 4.78 is 0. The molecule has 5 N–H and O–H groups in total. The van der Waals surface area contributed by atoms with Gasteiger partial charge in [0.1, 0.15) is 11.5 Å². The monoisotopic (exact) mass is 762 g/mol. The Morgan fingerprint density at radius 2 is 1.37 bits per heavy atom. The maximum absolute atomic E-state index is 13.2. The molecular formula is C46H42N4O7. The van der Waals surface area contributed by atoms with E-state index in [1.54, 1.807) is 74.5 Å². The van der Waals surface area contributed by atoms with Gasteiger partial charge in [-0.05, 0) is 111 Å². The molecule has 0 aliphatic carbocycles. The molecule has 0 aliphatic rings. The van der Waals surface area contributed by atoms with Gasteiger partial charge in [-0.25, -0.2) is 0 Å². The van der Waals surface area contributed by atoms with Crippen LogP contribution in [0, 0.1) is 38.0 Å². The number of hydrogen-bond acceptors (Lipinski definition) is 8. The van der Waals surface area contributed by atoms with Crippen molar-refractivity contribution in [2.45, 2.75) is 47.0 Å². The van der Waals surface area contributed by atoms with Gasteiger partial charge in [0.2, 0.25) is 5.91 Å². The number of aromatic hydroxyl groups is 2. The molecule has 1 atom stereocenters. The van der Waals surface area contributed by atoms with Crippen molar-refractivity contribution in [3.63, 3.8) is 0 Å². The molecule has 1 unspecified atom stereocenters. The van der Waals surface area contributed by atoms with E-state index in [0.717, 1.165) is 16.7 Å². The van der Waals surface area contributed by atoms with Crippen molar-refractivity contribution in [2.24, 2.45) is 5.92 Å². The fourth-order valence-corrected chi connectivity index (χ4v) is 6.05. The van der Waals surface area contributed by atoms with Crippen molar-refractivity contribution >= 4 is 52.4 Å². The number of ketones is 2.